The summed E-state index contributed by atoms with van der Waals surface area (Å²) in [4.78, 5) is 17.5. The third-order valence-electron chi connectivity index (χ3n) is 5.57. The van der Waals surface area contributed by atoms with Gasteiger partial charge in [0, 0.05) is 45.0 Å². The Kier molecular flexibility index (Phi) is 6.26. The van der Waals surface area contributed by atoms with Gasteiger partial charge in [0.05, 0.1) is 5.69 Å². The predicted octanol–water partition coefficient (Wildman–Crippen LogP) is 2.86. The molecular weight excluding hydrogens is 374 g/mol. The van der Waals surface area contributed by atoms with Crippen molar-refractivity contribution >= 4 is 5.91 Å². The zero-order valence-corrected chi connectivity index (χ0v) is 17.7. The second-order valence-electron chi connectivity index (χ2n) is 8.00. The molecule has 1 aliphatic heterocycles. The van der Waals surface area contributed by atoms with Crippen LogP contribution < -0.4 is 5.32 Å². The maximum absolute atomic E-state index is 12.6. The topological polar surface area (TPSA) is 53.4 Å². The Morgan fingerprint density at radius 3 is 2.47 bits per heavy atom. The van der Waals surface area contributed by atoms with Crippen LogP contribution in [-0.4, -0.2) is 58.7 Å². The van der Waals surface area contributed by atoms with E-state index in [0.717, 1.165) is 49.7 Å². The van der Waals surface area contributed by atoms with E-state index in [1.165, 1.54) is 5.56 Å². The summed E-state index contributed by atoms with van der Waals surface area (Å²) in [6.07, 6.45) is 0. The minimum absolute atomic E-state index is 0.155. The third-order valence-corrected chi connectivity index (χ3v) is 5.57. The van der Waals surface area contributed by atoms with Gasteiger partial charge in [-0.15, -0.1) is 0 Å². The third kappa shape index (κ3) is 4.96. The number of para-hydroxylation sites is 1. The average Bonchev–Trinajstić information content (AvgIpc) is 3.16. The van der Waals surface area contributed by atoms with Crippen LogP contribution >= 0.6 is 0 Å². The Bertz CT molecular complexity index is 990. The molecule has 156 valence electrons. The van der Waals surface area contributed by atoms with Gasteiger partial charge in [-0.25, -0.2) is 4.68 Å². The largest absolute Gasteiger partial charge is 0.347 e. The highest BCUT2D eigenvalue weighted by atomic mass is 16.1. The molecule has 2 heterocycles. The maximum atomic E-state index is 12.6. The van der Waals surface area contributed by atoms with Crippen molar-refractivity contribution in [2.24, 2.45) is 0 Å². The number of aryl methyl sites for hydroxylation is 1. The van der Waals surface area contributed by atoms with Gasteiger partial charge in [0.25, 0.3) is 5.91 Å². The van der Waals surface area contributed by atoms with Crippen LogP contribution in [-0.2, 0) is 13.1 Å². The van der Waals surface area contributed by atoms with Gasteiger partial charge in [0.2, 0.25) is 0 Å². The molecule has 0 radical (unpaired) electrons. The van der Waals surface area contributed by atoms with Crippen LogP contribution in [0.15, 0.2) is 60.7 Å². The summed E-state index contributed by atoms with van der Waals surface area (Å²) in [7, 11) is 2.17. The van der Waals surface area contributed by atoms with Crippen molar-refractivity contribution in [3.63, 3.8) is 0 Å². The molecule has 3 aromatic rings. The fourth-order valence-corrected chi connectivity index (χ4v) is 3.79. The Morgan fingerprint density at radius 1 is 0.967 bits per heavy atom. The van der Waals surface area contributed by atoms with Crippen LogP contribution in [0.2, 0.25) is 0 Å². The van der Waals surface area contributed by atoms with Gasteiger partial charge >= 0.3 is 0 Å². The van der Waals surface area contributed by atoms with E-state index in [2.05, 4.69) is 51.5 Å². The van der Waals surface area contributed by atoms with E-state index in [1.54, 1.807) is 4.68 Å². The number of aromatic nitrogens is 2. The van der Waals surface area contributed by atoms with E-state index in [0.29, 0.717) is 12.2 Å². The first-order valence-corrected chi connectivity index (χ1v) is 10.5. The zero-order valence-electron chi connectivity index (χ0n) is 17.7. The molecule has 4 rings (SSSR count). The van der Waals surface area contributed by atoms with Gasteiger partial charge in [-0.1, -0.05) is 42.5 Å². The van der Waals surface area contributed by atoms with Crippen molar-refractivity contribution in [3.05, 3.63) is 83.2 Å². The molecule has 6 heteroatoms. The van der Waals surface area contributed by atoms with Crippen molar-refractivity contribution in [2.45, 2.75) is 20.0 Å². The molecule has 2 aromatic carbocycles. The highest BCUT2D eigenvalue weighted by Crippen LogP contribution is 2.13. The van der Waals surface area contributed by atoms with Crippen molar-refractivity contribution in [3.8, 4) is 5.69 Å². The molecule has 0 bridgehead atoms. The van der Waals surface area contributed by atoms with Gasteiger partial charge in [-0.3, -0.25) is 9.69 Å². The quantitative estimate of drug-likeness (QED) is 0.688. The number of amides is 1. The normalized spacial score (nSPS) is 15.3. The van der Waals surface area contributed by atoms with E-state index in [-0.39, 0.29) is 5.91 Å². The van der Waals surface area contributed by atoms with Crippen LogP contribution in [0.5, 0.6) is 0 Å². The standard InChI is InChI=1S/C24H29N5O/c1-19-15-23(26-29(19)22-9-4-3-5-10-22)24(30)25-17-20-7-6-8-21(16-20)18-28-13-11-27(2)12-14-28/h3-10,15-16H,11-14,17-18H2,1-2H3,(H,25,30). The van der Waals surface area contributed by atoms with Crippen LogP contribution in [0.3, 0.4) is 0 Å². The monoisotopic (exact) mass is 403 g/mol. The number of likely N-dealkylation sites (N-methyl/N-ethyl adjacent to an activating group) is 1. The number of carbonyl (C=O) groups is 1. The number of piperazine rings is 1. The van der Waals surface area contributed by atoms with Gasteiger partial charge < -0.3 is 10.2 Å². The lowest BCUT2D eigenvalue weighted by atomic mass is 10.1. The van der Waals surface area contributed by atoms with Crippen molar-refractivity contribution in [1.29, 1.82) is 0 Å². The summed E-state index contributed by atoms with van der Waals surface area (Å²) in [6, 6.07) is 20.2. The molecule has 1 fully saturated rings. The maximum Gasteiger partial charge on any atom is 0.272 e. The van der Waals surface area contributed by atoms with Crippen LogP contribution in [0.25, 0.3) is 5.69 Å². The minimum Gasteiger partial charge on any atom is -0.347 e. The molecule has 1 aliphatic rings. The van der Waals surface area contributed by atoms with E-state index >= 15 is 0 Å². The minimum atomic E-state index is -0.155. The molecular formula is C24H29N5O. The summed E-state index contributed by atoms with van der Waals surface area (Å²) < 4.78 is 1.80. The number of nitrogens with one attached hydrogen (secondary N) is 1. The Morgan fingerprint density at radius 2 is 1.70 bits per heavy atom. The second kappa shape index (κ2) is 9.24. The molecule has 0 aliphatic carbocycles. The SMILES string of the molecule is Cc1cc(C(=O)NCc2cccc(CN3CCN(C)CC3)c2)nn1-c1ccccc1. The first-order chi connectivity index (χ1) is 14.6. The molecule has 0 atom stereocenters. The van der Waals surface area contributed by atoms with E-state index in [9.17, 15) is 4.79 Å². The molecule has 0 saturated carbocycles. The van der Waals surface area contributed by atoms with Gasteiger partial charge in [0.1, 0.15) is 0 Å². The number of benzene rings is 2. The van der Waals surface area contributed by atoms with Gasteiger partial charge in [0.15, 0.2) is 5.69 Å². The predicted molar refractivity (Wildman–Crippen MR) is 119 cm³/mol. The number of nitrogens with zero attached hydrogens (tertiary/aromatic N) is 4. The van der Waals surface area contributed by atoms with Crippen molar-refractivity contribution < 1.29 is 4.79 Å². The van der Waals surface area contributed by atoms with Crippen LogP contribution in [0.1, 0.15) is 27.3 Å². The molecule has 0 spiro atoms. The summed E-state index contributed by atoms with van der Waals surface area (Å²) >= 11 is 0. The number of carbonyl (C=O) groups excluding carboxylic acids is 1. The molecule has 1 N–H and O–H groups in total. The first kappa shape index (κ1) is 20.3. The van der Waals surface area contributed by atoms with Crippen molar-refractivity contribution in [1.82, 2.24) is 24.9 Å². The fraction of sp³-hybridized carbons (Fsp3) is 0.333. The molecule has 1 saturated heterocycles. The highest BCUT2D eigenvalue weighted by Gasteiger charge is 2.15. The second-order valence-corrected chi connectivity index (χ2v) is 8.00. The average molecular weight is 404 g/mol. The molecule has 1 aromatic heterocycles. The van der Waals surface area contributed by atoms with E-state index in [1.807, 2.05) is 43.3 Å². The summed E-state index contributed by atoms with van der Waals surface area (Å²) in [5, 5.41) is 7.50. The lowest BCUT2D eigenvalue weighted by molar-refractivity contribution is 0.0945. The smallest absolute Gasteiger partial charge is 0.272 e. The Balaban J connectivity index is 1.36. The Labute approximate surface area is 178 Å². The van der Waals surface area contributed by atoms with E-state index < -0.39 is 0 Å². The summed E-state index contributed by atoms with van der Waals surface area (Å²) in [5.41, 5.74) is 4.71. The number of hydrogen-bond acceptors (Lipinski definition) is 4. The van der Waals surface area contributed by atoms with Gasteiger partial charge in [-0.2, -0.15) is 5.10 Å². The van der Waals surface area contributed by atoms with Crippen LogP contribution in [0, 0.1) is 6.92 Å². The van der Waals surface area contributed by atoms with E-state index in [4.69, 9.17) is 0 Å². The molecule has 1 amide bonds. The fourth-order valence-electron chi connectivity index (χ4n) is 3.79. The summed E-state index contributed by atoms with van der Waals surface area (Å²) in [5.74, 6) is -0.155. The molecule has 0 unspecified atom stereocenters. The molecule has 6 nitrogen and oxygen atoms in total. The number of rotatable bonds is 6. The van der Waals surface area contributed by atoms with Gasteiger partial charge in [-0.05, 0) is 43.3 Å². The zero-order chi connectivity index (χ0) is 20.9. The van der Waals surface area contributed by atoms with Crippen LogP contribution in [0.4, 0.5) is 0 Å². The number of hydrogen-bond donors (Lipinski definition) is 1. The molecule has 30 heavy (non-hydrogen) atoms. The highest BCUT2D eigenvalue weighted by molar-refractivity contribution is 5.92. The lowest BCUT2D eigenvalue weighted by Crippen LogP contribution is -2.43. The first-order valence-electron chi connectivity index (χ1n) is 10.5. The summed E-state index contributed by atoms with van der Waals surface area (Å²) in [6.45, 7) is 7.83. The lowest BCUT2D eigenvalue weighted by Gasteiger charge is -2.32. The Hall–Kier alpha value is -2.96. The van der Waals surface area contributed by atoms with Crippen molar-refractivity contribution in [2.75, 3.05) is 33.2 Å².